The minimum Gasteiger partial charge on any atom is -0.398 e. The van der Waals surface area contributed by atoms with Gasteiger partial charge in [0.05, 0.1) is 11.2 Å². The molecule has 5 heteroatoms. The van der Waals surface area contributed by atoms with Gasteiger partial charge in [0.2, 0.25) is 0 Å². The maximum atomic E-state index is 12.0. The number of benzene rings is 2. The zero-order valence-corrected chi connectivity index (χ0v) is 14.5. The molecule has 0 radical (unpaired) electrons. The smallest absolute Gasteiger partial charge is 0.141 e. The van der Waals surface area contributed by atoms with Gasteiger partial charge < -0.3 is 5.73 Å². The molecule has 3 nitrogen and oxygen atoms in total. The van der Waals surface area contributed by atoms with Crippen molar-refractivity contribution in [3.63, 3.8) is 0 Å². The molecule has 120 valence electrons. The fraction of sp³-hybridized carbons (Fsp3) is 0.222. The van der Waals surface area contributed by atoms with Crippen LogP contribution >= 0.6 is 23.4 Å². The van der Waals surface area contributed by atoms with Crippen molar-refractivity contribution in [1.29, 1.82) is 0 Å². The van der Waals surface area contributed by atoms with E-state index in [1.54, 1.807) is 12.1 Å². The summed E-state index contributed by atoms with van der Waals surface area (Å²) in [6, 6.07) is 14.8. The van der Waals surface area contributed by atoms with E-state index >= 15 is 0 Å². The topological polar surface area (TPSA) is 60.2 Å². The van der Waals surface area contributed by atoms with Gasteiger partial charge in [-0.25, -0.2) is 0 Å². The van der Waals surface area contributed by atoms with E-state index in [2.05, 4.69) is 0 Å². The van der Waals surface area contributed by atoms with Crippen molar-refractivity contribution in [1.82, 2.24) is 0 Å². The molecule has 0 fully saturated rings. The molecule has 0 saturated carbocycles. The lowest BCUT2D eigenvalue weighted by Crippen LogP contribution is -2.25. The molecule has 0 aliphatic heterocycles. The third-order valence-electron chi connectivity index (χ3n) is 3.53. The zero-order valence-electron chi connectivity index (χ0n) is 13.0. The maximum Gasteiger partial charge on any atom is 0.141 e. The largest absolute Gasteiger partial charge is 0.398 e. The van der Waals surface area contributed by atoms with Crippen LogP contribution in [0.15, 0.2) is 53.4 Å². The van der Waals surface area contributed by atoms with Crippen LogP contribution in [0.4, 0.5) is 5.69 Å². The van der Waals surface area contributed by atoms with Gasteiger partial charge in [-0.15, -0.1) is 11.8 Å². The Morgan fingerprint density at radius 2 is 1.65 bits per heavy atom. The van der Waals surface area contributed by atoms with Crippen LogP contribution in [0.2, 0.25) is 5.02 Å². The highest BCUT2D eigenvalue weighted by molar-refractivity contribution is 7.99. The molecular weight excluding hydrogens is 330 g/mol. The molecule has 2 aromatic carbocycles. The highest BCUT2D eigenvalue weighted by atomic mass is 35.5. The summed E-state index contributed by atoms with van der Waals surface area (Å²) in [5.41, 5.74) is 7.48. The summed E-state index contributed by atoms with van der Waals surface area (Å²) >= 11 is 7.35. The fourth-order valence-electron chi connectivity index (χ4n) is 2.45. The van der Waals surface area contributed by atoms with Gasteiger partial charge in [0.25, 0.3) is 0 Å². The molecule has 0 bridgehead atoms. The molecule has 23 heavy (non-hydrogen) atoms. The van der Waals surface area contributed by atoms with E-state index < -0.39 is 5.92 Å². The SMILES string of the molecule is CC(=O)C(C(C)=O)C(Sc1ccc(Cl)cc1N)c1ccccc1. The number of thioether (sulfide) groups is 1. The number of hydrogen-bond donors (Lipinski definition) is 1. The molecule has 0 aliphatic carbocycles. The number of anilines is 1. The van der Waals surface area contributed by atoms with Crippen molar-refractivity contribution in [3.8, 4) is 0 Å². The van der Waals surface area contributed by atoms with E-state index in [-0.39, 0.29) is 16.8 Å². The third kappa shape index (κ3) is 4.36. The number of halogens is 1. The Morgan fingerprint density at radius 1 is 1.04 bits per heavy atom. The zero-order chi connectivity index (χ0) is 17.0. The molecular formula is C18H18ClNO2S. The molecule has 2 N–H and O–H groups in total. The molecule has 0 saturated heterocycles. The maximum absolute atomic E-state index is 12.0. The van der Waals surface area contributed by atoms with Crippen LogP contribution in [0.25, 0.3) is 0 Å². The normalized spacial score (nSPS) is 12.2. The summed E-state index contributed by atoms with van der Waals surface area (Å²) in [5.74, 6) is -1.00. The lowest BCUT2D eigenvalue weighted by Gasteiger charge is -2.24. The molecule has 0 amide bonds. The van der Waals surface area contributed by atoms with Crippen molar-refractivity contribution in [2.24, 2.45) is 5.92 Å². The van der Waals surface area contributed by atoms with Gasteiger partial charge in [0, 0.05) is 15.6 Å². The number of Topliss-reactive ketones (excluding diaryl/α,β-unsaturated/α-hetero) is 2. The highest BCUT2D eigenvalue weighted by Crippen LogP contribution is 2.44. The number of nitrogen functional groups attached to an aromatic ring is 1. The average molecular weight is 348 g/mol. The Morgan fingerprint density at radius 3 is 2.17 bits per heavy atom. The summed E-state index contributed by atoms with van der Waals surface area (Å²) in [5, 5.41) is 0.229. The van der Waals surface area contributed by atoms with E-state index in [0.29, 0.717) is 10.7 Å². The van der Waals surface area contributed by atoms with Gasteiger partial charge in [0.1, 0.15) is 11.6 Å². The summed E-state index contributed by atoms with van der Waals surface area (Å²) in [7, 11) is 0. The first-order valence-electron chi connectivity index (χ1n) is 7.17. The fourth-order valence-corrected chi connectivity index (χ4v) is 4.06. The molecule has 1 unspecified atom stereocenters. The van der Waals surface area contributed by atoms with E-state index in [1.165, 1.54) is 25.6 Å². The Bertz CT molecular complexity index is 704. The van der Waals surface area contributed by atoms with Crippen LogP contribution in [0.1, 0.15) is 24.7 Å². The second-order valence-electron chi connectivity index (χ2n) is 5.33. The second kappa shape index (κ2) is 7.66. The Hall–Kier alpha value is -1.78. The van der Waals surface area contributed by atoms with Gasteiger partial charge >= 0.3 is 0 Å². The molecule has 0 aliphatic rings. The number of rotatable bonds is 6. The summed E-state index contributed by atoms with van der Waals surface area (Å²) < 4.78 is 0. The summed E-state index contributed by atoms with van der Waals surface area (Å²) in [4.78, 5) is 24.9. The van der Waals surface area contributed by atoms with Crippen LogP contribution in [0.3, 0.4) is 0 Å². The molecule has 1 atom stereocenters. The van der Waals surface area contributed by atoms with Crippen molar-refractivity contribution < 1.29 is 9.59 Å². The van der Waals surface area contributed by atoms with Crippen molar-refractivity contribution in [3.05, 3.63) is 59.1 Å². The lowest BCUT2D eigenvalue weighted by molar-refractivity contribution is -0.130. The van der Waals surface area contributed by atoms with E-state index in [0.717, 1.165) is 10.5 Å². The van der Waals surface area contributed by atoms with Gasteiger partial charge in [-0.1, -0.05) is 41.9 Å². The van der Waals surface area contributed by atoms with Crippen molar-refractivity contribution in [2.45, 2.75) is 24.0 Å². The van der Waals surface area contributed by atoms with Crippen LogP contribution in [0.5, 0.6) is 0 Å². The second-order valence-corrected chi connectivity index (χ2v) is 6.95. The van der Waals surface area contributed by atoms with Gasteiger partial charge in [-0.2, -0.15) is 0 Å². The average Bonchev–Trinajstić information content (AvgIpc) is 2.49. The molecule has 0 aromatic heterocycles. The van der Waals surface area contributed by atoms with E-state index in [1.807, 2.05) is 36.4 Å². The van der Waals surface area contributed by atoms with Gasteiger partial charge in [0.15, 0.2) is 0 Å². The summed E-state index contributed by atoms with van der Waals surface area (Å²) in [6.45, 7) is 2.90. The van der Waals surface area contributed by atoms with Crippen LogP contribution in [-0.4, -0.2) is 11.6 Å². The van der Waals surface area contributed by atoms with Crippen LogP contribution < -0.4 is 5.73 Å². The molecule has 0 heterocycles. The van der Waals surface area contributed by atoms with Gasteiger partial charge in [-0.3, -0.25) is 9.59 Å². The Labute approximate surface area is 145 Å². The number of carbonyl (C=O) groups is 2. The first-order valence-corrected chi connectivity index (χ1v) is 8.43. The third-order valence-corrected chi connectivity index (χ3v) is 5.19. The standard InChI is InChI=1S/C18H18ClNO2S/c1-11(21)17(12(2)22)18(13-6-4-3-5-7-13)23-16-9-8-14(19)10-15(16)20/h3-10,17-18H,20H2,1-2H3. The lowest BCUT2D eigenvalue weighted by atomic mass is 9.92. The van der Waals surface area contributed by atoms with E-state index in [9.17, 15) is 9.59 Å². The number of ketones is 2. The monoisotopic (exact) mass is 347 g/mol. The molecule has 2 rings (SSSR count). The highest BCUT2D eigenvalue weighted by Gasteiger charge is 2.32. The first-order chi connectivity index (χ1) is 10.9. The number of nitrogens with two attached hydrogens (primary N) is 1. The number of carbonyl (C=O) groups excluding carboxylic acids is 2. The first kappa shape index (κ1) is 17.6. The van der Waals surface area contributed by atoms with Crippen molar-refractivity contribution >= 4 is 40.6 Å². The number of hydrogen-bond acceptors (Lipinski definition) is 4. The van der Waals surface area contributed by atoms with Crippen LogP contribution in [-0.2, 0) is 9.59 Å². The quantitative estimate of drug-likeness (QED) is 0.473. The van der Waals surface area contributed by atoms with E-state index in [4.69, 9.17) is 17.3 Å². The van der Waals surface area contributed by atoms with Crippen molar-refractivity contribution in [2.75, 3.05) is 5.73 Å². The minimum atomic E-state index is -0.711. The minimum absolute atomic E-state index is 0.147. The Kier molecular flexibility index (Phi) is 5.85. The molecule has 0 spiro atoms. The Balaban J connectivity index is 2.45. The van der Waals surface area contributed by atoms with Crippen LogP contribution in [0, 0.1) is 5.92 Å². The van der Waals surface area contributed by atoms with Gasteiger partial charge in [-0.05, 0) is 37.6 Å². The predicted octanol–water partition coefficient (Wildman–Crippen LogP) is 4.55. The summed E-state index contributed by atoms with van der Waals surface area (Å²) in [6.07, 6.45) is 0. The predicted molar refractivity (Wildman–Crippen MR) is 95.8 cm³/mol. The molecule has 2 aromatic rings.